The van der Waals surface area contributed by atoms with Gasteiger partial charge in [-0.25, -0.2) is 13.7 Å². The molecular weight excluding hydrogens is 682 g/mol. The Morgan fingerprint density at radius 3 is 0.795 bits per heavy atom. The first kappa shape index (κ1) is 37.1. The van der Waals surface area contributed by atoms with E-state index in [1.54, 1.807) is 6.92 Å². The van der Waals surface area contributed by atoms with Crippen LogP contribution >= 0.6 is 0 Å². The average Bonchev–Trinajstić information content (AvgIpc) is 2.91. The summed E-state index contributed by atoms with van der Waals surface area (Å²) >= 11 is 0. The minimum Gasteiger partial charge on any atom is -1.00 e. The van der Waals surface area contributed by atoms with Crippen LogP contribution in [0.4, 0.5) is 0 Å². The van der Waals surface area contributed by atoms with Crippen LogP contribution in [0.3, 0.4) is 0 Å². The fraction of sp³-hybridized carbons (Fsp3) is 0.344. The summed E-state index contributed by atoms with van der Waals surface area (Å²) in [5.74, 6) is 0. The van der Waals surface area contributed by atoms with Crippen LogP contribution in [-0.2, 0) is 38.9 Å². The molecule has 4 rings (SSSR count). The van der Waals surface area contributed by atoms with Crippen LogP contribution < -0.4 is 64.6 Å². The molecule has 3 heterocycles. The number of aliphatic hydroxyl groups excluding tert-OH is 1. The van der Waals surface area contributed by atoms with Crippen molar-refractivity contribution in [1.82, 2.24) is 0 Å². The van der Waals surface area contributed by atoms with Gasteiger partial charge in [0, 0.05) is 59.7 Å². The molecule has 0 saturated carbocycles. The highest BCUT2D eigenvalue weighted by Crippen LogP contribution is 2.30. The van der Waals surface area contributed by atoms with Gasteiger partial charge in [-0.2, -0.15) is 0 Å². The molecule has 0 radical (unpaired) electrons. The zero-order valence-corrected chi connectivity index (χ0v) is 28.3. The Labute approximate surface area is 266 Å². The van der Waals surface area contributed by atoms with Gasteiger partial charge in [0.2, 0.25) is 0 Å². The van der Waals surface area contributed by atoms with Gasteiger partial charge in [0.15, 0.2) is 56.8 Å². The lowest BCUT2D eigenvalue weighted by Gasteiger charge is -2.22. The highest BCUT2D eigenvalue weighted by molar-refractivity contribution is 5.52. The maximum Gasteiger partial charge on any atom is 0.174 e. The van der Waals surface area contributed by atoms with E-state index in [0.717, 1.165) is 38.9 Å². The minimum absolute atomic E-state index is 0. The number of aromatic nitrogens is 3. The normalized spacial score (nSPS) is 9.77. The Bertz CT molecular complexity index is 1040. The van der Waals surface area contributed by atoms with Gasteiger partial charge in [-0.1, -0.05) is 39.0 Å². The summed E-state index contributed by atoms with van der Waals surface area (Å²) < 4.78 is 6.95. The van der Waals surface area contributed by atoms with Crippen LogP contribution in [0.25, 0.3) is 0 Å². The molecule has 0 aliphatic carbocycles. The van der Waals surface area contributed by atoms with Gasteiger partial charge in [0.25, 0.3) is 0 Å². The van der Waals surface area contributed by atoms with Crippen molar-refractivity contribution in [1.29, 1.82) is 0 Å². The molecule has 0 spiro atoms. The van der Waals surface area contributed by atoms with Gasteiger partial charge in [0.1, 0.15) is 0 Å². The predicted molar refractivity (Wildman–Crippen MR) is 145 cm³/mol. The highest BCUT2D eigenvalue weighted by atomic mass is 79.9. The lowest BCUT2D eigenvalue weighted by Crippen LogP contribution is -3.00. The first-order valence-corrected chi connectivity index (χ1v) is 13.3. The summed E-state index contributed by atoms with van der Waals surface area (Å²) in [6.07, 6.45) is 16.2. The van der Waals surface area contributed by atoms with E-state index in [1.807, 2.05) is 0 Å². The molecule has 7 heteroatoms. The van der Waals surface area contributed by atoms with Crippen molar-refractivity contribution in [2.75, 3.05) is 6.61 Å². The smallest absolute Gasteiger partial charge is 0.174 e. The summed E-state index contributed by atoms with van der Waals surface area (Å²) in [4.78, 5) is 0. The molecule has 0 atom stereocenters. The Balaban J connectivity index is 0.00000230. The van der Waals surface area contributed by atoms with E-state index in [4.69, 9.17) is 5.11 Å². The highest BCUT2D eigenvalue weighted by Gasteiger charge is 2.26. The maximum absolute atomic E-state index is 7.57. The summed E-state index contributed by atoms with van der Waals surface area (Å²) in [6.45, 7) is 11.6. The van der Waals surface area contributed by atoms with Crippen LogP contribution in [0.1, 0.15) is 61.1 Å². The molecule has 0 saturated heterocycles. The van der Waals surface area contributed by atoms with Gasteiger partial charge in [-0.15, -0.1) is 0 Å². The second kappa shape index (κ2) is 20.0. The van der Waals surface area contributed by atoms with Gasteiger partial charge >= 0.3 is 0 Å². The number of aliphatic hydroxyl groups is 1. The van der Waals surface area contributed by atoms with Crippen molar-refractivity contribution in [3.63, 3.8) is 0 Å². The van der Waals surface area contributed by atoms with E-state index in [-0.39, 0.29) is 57.6 Å². The molecule has 0 aliphatic heterocycles. The topological polar surface area (TPSA) is 31.9 Å². The Morgan fingerprint density at radius 1 is 0.410 bits per heavy atom. The standard InChI is InChI=1S/C30H36N3.C2H6O.3BrH/c1-4-25-28(22-31-16-10-7-11-17-31)26(5-2)30(24-33-20-14-9-15-21-33)27(6-3)29(25)23-32-18-12-8-13-19-32;1-2-3;;;/h7-21H,4-6,22-24H2,1-3H3;3H,2H2,1H3;3*1H/q+3;;;;/p-3. The lowest BCUT2D eigenvalue weighted by molar-refractivity contribution is -0.690. The molecule has 1 N–H and O–H groups in total. The molecule has 212 valence electrons. The Hall–Kier alpha value is -1.93. The van der Waals surface area contributed by atoms with Gasteiger partial charge < -0.3 is 56.1 Å². The Morgan fingerprint density at radius 2 is 0.615 bits per heavy atom. The van der Waals surface area contributed by atoms with Crippen LogP contribution in [0.5, 0.6) is 0 Å². The molecule has 4 aromatic rings. The zero-order chi connectivity index (χ0) is 25.8. The van der Waals surface area contributed by atoms with E-state index < -0.39 is 0 Å². The van der Waals surface area contributed by atoms with Crippen LogP contribution in [0.2, 0.25) is 0 Å². The molecule has 4 nitrogen and oxygen atoms in total. The fourth-order valence-electron chi connectivity index (χ4n) is 5.11. The first-order valence-electron chi connectivity index (χ1n) is 13.3. The minimum atomic E-state index is 0. The van der Waals surface area contributed by atoms with Crippen molar-refractivity contribution in [2.45, 2.75) is 66.6 Å². The summed E-state index contributed by atoms with van der Waals surface area (Å²) in [6, 6.07) is 19.0. The van der Waals surface area contributed by atoms with Crippen molar-refractivity contribution in [3.05, 3.63) is 125 Å². The predicted octanol–water partition coefficient (Wildman–Crippen LogP) is -4.61. The number of hydrogen-bond donors (Lipinski definition) is 1. The number of rotatable bonds is 9. The van der Waals surface area contributed by atoms with Crippen molar-refractivity contribution < 1.29 is 69.8 Å². The molecule has 0 unspecified atom stereocenters. The summed E-state index contributed by atoms with van der Waals surface area (Å²) in [5.41, 5.74) is 9.10. The van der Waals surface area contributed by atoms with E-state index in [1.165, 1.54) is 33.4 Å². The molecule has 0 fully saturated rings. The van der Waals surface area contributed by atoms with Crippen LogP contribution in [0.15, 0.2) is 91.8 Å². The van der Waals surface area contributed by atoms with E-state index in [0.29, 0.717) is 0 Å². The second-order valence-electron chi connectivity index (χ2n) is 8.89. The largest absolute Gasteiger partial charge is 1.00 e. The van der Waals surface area contributed by atoms with Crippen molar-refractivity contribution >= 4 is 0 Å². The average molecular weight is 724 g/mol. The number of halogens is 3. The van der Waals surface area contributed by atoms with Gasteiger partial charge in [0.05, 0.1) is 0 Å². The number of benzene rings is 1. The number of pyridine rings is 3. The fourth-order valence-corrected chi connectivity index (χ4v) is 5.11. The molecule has 0 aliphatic rings. The lowest BCUT2D eigenvalue weighted by atomic mass is 9.83. The molecule has 39 heavy (non-hydrogen) atoms. The third-order valence-electron chi connectivity index (χ3n) is 6.60. The zero-order valence-electron chi connectivity index (χ0n) is 23.5. The first-order chi connectivity index (χ1) is 17.7. The third kappa shape index (κ3) is 10.2. The molecule has 0 amide bonds. The quantitative estimate of drug-likeness (QED) is 0.174. The van der Waals surface area contributed by atoms with Gasteiger partial charge in [-0.05, 0) is 42.9 Å². The van der Waals surface area contributed by atoms with Crippen LogP contribution in [-0.4, -0.2) is 11.7 Å². The van der Waals surface area contributed by atoms with Crippen molar-refractivity contribution in [3.8, 4) is 0 Å². The third-order valence-corrected chi connectivity index (χ3v) is 6.60. The van der Waals surface area contributed by atoms with Crippen LogP contribution in [0, 0.1) is 0 Å². The maximum atomic E-state index is 7.57. The molecule has 0 bridgehead atoms. The molecule has 3 aromatic heterocycles. The molecular formula is C32H42Br3N3O. The summed E-state index contributed by atoms with van der Waals surface area (Å²) in [5, 5.41) is 7.57. The van der Waals surface area contributed by atoms with E-state index >= 15 is 0 Å². The second-order valence-corrected chi connectivity index (χ2v) is 8.89. The number of nitrogens with zero attached hydrogens (tertiary/aromatic N) is 3. The number of hydrogen-bond acceptors (Lipinski definition) is 1. The van der Waals surface area contributed by atoms with Gasteiger partial charge in [-0.3, -0.25) is 0 Å². The van der Waals surface area contributed by atoms with E-state index in [9.17, 15) is 0 Å². The monoisotopic (exact) mass is 721 g/mol. The SMILES string of the molecule is CCO.CCc1c(C[n+]2ccccc2)c(CC)c(C[n+]2ccccc2)c(CC)c1C[n+]1ccccc1.[Br-].[Br-].[Br-]. The Kier molecular flexibility index (Phi) is 19.0. The van der Waals surface area contributed by atoms with Crippen molar-refractivity contribution in [2.24, 2.45) is 0 Å². The van der Waals surface area contributed by atoms with E-state index in [2.05, 4.69) is 126 Å². The molecule has 1 aromatic carbocycles. The summed E-state index contributed by atoms with van der Waals surface area (Å²) in [7, 11) is 0.